The molecule has 1 saturated heterocycles. The molecule has 1 fully saturated rings. The number of hydrogen-bond donors (Lipinski definition) is 1. The molecule has 1 aliphatic heterocycles. The van der Waals surface area contributed by atoms with Gasteiger partial charge < -0.3 is 10.2 Å². The van der Waals surface area contributed by atoms with Gasteiger partial charge in [0.2, 0.25) is 5.95 Å². The molecule has 20 heavy (non-hydrogen) atoms. The molecule has 102 valence electrons. The van der Waals surface area contributed by atoms with Crippen molar-refractivity contribution in [3.63, 3.8) is 0 Å². The SMILES string of the molecule is Fc1ccc2c(c1)Cc1cnc(N3CCNCC3)nc1-2. The predicted octanol–water partition coefficient (Wildman–Crippen LogP) is 1.60. The molecule has 4 rings (SSSR count). The minimum Gasteiger partial charge on any atom is -0.338 e. The zero-order valence-electron chi connectivity index (χ0n) is 11.1. The van der Waals surface area contributed by atoms with Gasteiger partial charge in [-0.1, -0.05) is 0 Å². The van der Waals surface area contributed by atoms with E-state index in [-0.39, 0.29) is 5.82 Å². The number of hydrogen-bond acceptors (Lipinski definition) is 4. The highest BCUT2D eigenvalue weighted by Crippen LogP contribution is 2.35. The van der Waals surface area contributed by atoms with E-state index in [1.54, 1.807) is 6.07 Å². The summed E-state index contributed by atoms with van der Waals surface area (Å²) in [5, 5.41) is 3.32. The van der Waals surface area contributed by atoms with Crippen molar-refractivity contribution in [1.29, 1.82) is 0 Å². The maximum Gasteiger partial charge on any atom is 0.225 e. The van der Waals surface area contributed by atoms with E-state index >= 15 is 0 Å². The zero-order chi connectivity index (χ0) is 13.5. The number of piperazine rings is 1. The first kappa shape index (κ1) is 11.8. The molecule has 0 amide bonds. The van der Waals surface area contributed by atoms with Gasteiger partial charge in [-0.15, -0.1) is 0 Å². The summed E-state index contributed by atoms with van der Waals surface area (Å²) in [4.78, 5) is 11.4. The van der Waals surface area contributed by atoms with Crippen molar-refractivity contribution in [3.05, 3.63) is 41.3 Å². The molecular weight excluding hydrogens is 255 g/mol. The predicted molar refractivity (Wildman–Crippen MR) is 75.3 cm³/mol. The van der Waals surface area contributed by atoms with E-state index in [0.717, 1.165) is 60.9 Å². The van der Waals surface area contributed by atoms with E-state index in [0.29, 0.717) is 0 Å². The van der Waals surface area contributed by atoms with Crippen LogP contribution in [0.5, 0.6) is 0 Å². The second-order valence-corrected chi connectivity index (χ2v) is 5.26. The van der Waals surface area contributed by atoms with Crippen molar-refractivity contribution in [2.45, 2.75) is 6.42 Å². The second-order valence-electron chi connectivity index (χ2n) is 5.26. The van der Waals surface area contributed by atoms with Crippen LogP contribution < -0.4 is 10.2 Å². The first-order chi connectivity index (χ1) is 9.81. The van der Waals surface area contributed by atoms with Gasteiger partial charge in [0, 0.05) is 49.9 Å². The van der Waals surface area contributed by atoms with E-state index in [9.17, 15) is 4.39 Å². The molecule has 0 saturated carbocycles. The topological polar surface area (TPSA) is 41.1 Å². The fourth-order valence-corrected chi connectivity index (χ4v) is 2.92. The minimum atomic E-state index is -0.188. The summed E-state index contributed by atoms with van der Waals surface area (Å²) in [5.41, 5.74) is 4.10. The first-order valence-electron chi connectivity index (χ1n) is 6.91. The lowest BCUT2D eigenvalue weighted by molar-refractivity contribution is 0.580. The fraction of sp³-hybridized carbons (Fsp3) is 0.333. The quantitative estimate of drug-likeness (QED) is 0.729. The van der Waals surface area contributed by atoms with Crippen LogP contribution in [0.4, 0.5) is 10.3 Å². The van der Waals surface area contributed by atoms with Crippen LogP contribution in [-0.2, 0) is 6.42 Å². The van der Waals surface area contributed by atoms with Crippen LogP contribution in [0.1, 0.15) is 11.1 Å². The molecule has 0 atom stereocenters. The normalized spacial score (nSPS) is 16.9. The summed E-state index contributed by atoms with van der Waals surface area (Å²) in [6.45, 7) is 3.77. The van der Waals surface area contributed by atoms with Crippen molar-refractivity contribution >= 4 is 5.95 Å². The number of nitrogens with zero attached hydrogens (tertiary/aromatic N) is 3. The van der Waals surface area contributed by atoms with E-state index in [1.807, 2.05) is 12.3 Å². The van der Waals surface area contributed by atoms with Gasteiger partial charge in [0.25, 0.3) is 0 Å². The maximum absolute atomic E-state index is 13.3. The van der Waals surface area contributed by atoms with Crippen molar-refractivity contribution in [3.8, 4) is 11.3 Å². The van der Waals surface area contributed by atoms with E-state index in [2.05, 4.69) is 15.2 Å². The van der Waals surface area contributed by atoms with Crippen LogP contribution in [0.15, 0.2) is 24.4 Å². The van der Waals surface area contributed by atoms with Gasteiger partial charge >= 0.3 is 0 Å². The molecule has 1 aromatic heterocycles. The first-order valence-corrected chi connectivity index (χ1v) is 6.91. The standard InChI is InChI=1S/C15H15FN4/c16-12-1-2-13-10(8-12)7-11-9-18-15(19-14(11)13)20-5-3-17-4-6-20/h1-2,8-9,17H,3-7H2. The molecule has 4 nitrogen and oxygen atoms in total. The van der Waals surface area contributed by atoms with Gasteiger partial charge in [-0.25, -0.2) is 14.4 Å². The van der Waals surface area contributed by atoms with Gasteiger partial charge in [0.1, 0.15) is 5.82 Å². The number of aromatic nitrogens is 2. The van der Waals surface area contributed by atoms with Crippen LogP contribution in [0.3, 0.4) is 0 Å². The molecule has 2 aliphatic rings. The van der Waals surface area contributed by atoms with Gasteiger partial charge in [-0.05, 0) is 23.8 Å². The lowest BCUT2D eigenvalue weighted by Crippen LogP contribution is -2.44. The molecule has 2 heterocycles. The molecule has 2 aromatic rings. The van der Waals surface area contributed by atoms with Crippen LogP contribution in [0.25, 0.3) is 11.3 Å². The smallest absolute Gasteiger partial charge is 0.225 e. The number of nitrogens with one attached hydrogen (secondary N) is 1. The van der Waals surface area contributed by atoms with Gasteiger partial charge in [0.15, 0.2) is 0 Å². The Morgan fingerprint density at radius 1 is 1.15 bits per heavy atom. The van der Waals surface area contributed by atoms with Crippen LogP contribution in [0, 0.1) is 5.82 Å². The van der Waals surface area contributed by atoms with Gasteiger partial charge in [-0.3, -0.25) is 0 Å². The zero-order valence-corrected chi connectivity index (χ0v) is 11.1. The lowest BCUT2D eigenvalue weighted by atomic mass is 10.1. The molecule has 1 aromatic carbocycles. The fourth-order valence-electron chi connectivity index (χ4n) is 2.92. The molecule has 0 bridgehead atoms. The summed E-state index contributed by atoms with van der Waals surface area (Å²) >= 11 is 0. The Hall–Kier alpha value is -2.01. The molecule has 5 heteroatoms. The molecule has 1 aliphatic carbocycles. The number of benzene rings is 1. The van der Waals surface area contributed by atoms with Crippen molar-refractivity contribution in [1.82, 2.24) is 15.3 Å². The summed E-state index contributed by atoms with van der Waals surface area (Å²) in [6.07, 6.45) is 2.61. The average Bonchev–Trinajstić information content (AvgIpc) is 2.84. The highest BCUT2D eigenvalue weighted by molar-refractivity contribution is 5.73. The maximum atomic E-state index is 13.3. The Bertz CT molecular complexity index is 665. The molecule has 0 unspecified atom stereocenters. The Kier molecular flexibility index (Phi) is 2.67. The number of anilines is 1. The Balaban J connectivity index is 1.74. The Labute approximate surface area is 116 Å². The molecule has 1 N–H and O–H groups in total. The summed E-state index contributed by atoms with van der Waals surface area (Å²) < 4.78 is 13.3. The summed E-state index contributed by atoms with van der Waals surface area (Å²) in [6, 6.07) is 4.92. The average molecular weight is 270 g/mol. The third kappa shape index (κ3) is 1.86. The van der Waals surface area contributed by atoms with Crippen LogP contribution >= 0.6 is 0 Å². The molecular formula is C15H15FN4. The van der Waals surface area contributed by atoms with E-state index in [4.69, 9.17) is 4.98 Å². The van der Waals surface area contributed by atoms with Crippen LogP contribution in [-0.4, -0.2) is 36.1 Å². The summed E-state index contributed by atoms with van der Waals surface area (Å²) in [5.74, 6) is 0.592. The third-order valence-electron chi connectivity index (χ3n) is 3.95. The van der Waals surface area contributed by atoms with Crippen molar-refractivity contribution in [2.75, 3.05) is 31.1 Å². The highest BCUT2D eigenvalue weighted by Gasteiger charge is 2.23. The van der Waals surface area contributed by atoms with Crippen molar-refractivity contribution < 1.29 is 4.39 Å². The van der Waals surface area contributed by atoms with Gasteiger partial charge in [0.05, 0.1) is 5.69 Å². The summed E-state index contributed by atoms with van der Waals surface area (Å²) in [7, 11) is 0. The number of rotatable bonds is 1. The number of halogens is 1. The largest absolute Gasteiger partial charge is 0.338 e. The van der Waals surface area contributed by atoms with Crippen molar-refractivity contribution in [2.24, 2.45) is 0 Å². The minimum absolute atomic E-state index is 0.188. The second kappa shape index (κ2) is 4.52. The van der Waals surface area contributed by atoms with Crippen LogP contribution in [0.2, 0.25) is 0 Å². The monoisotopic (exact) mass is 270 g/mol. The molecule has 0 spiro atoms. The third-order valence-corrected chi connectivity index (χ3v) is 3.95. The number of fused-ring (bicyclic) bond motifs is 3. The van der Waals surface area contributed by atoms with Gasteiger partial charge in [-0.2, -0.15) is 0 Å². The Morgan fingerprint density at radius 3 is 2.85 bits per heavy atom. The lowest BCUT2D eigenvalue weighted by Gasteiger charge is -2.27. The van der Waals surface area contributed by atoms with E-state index in [1.165, 1.54) is 6.07 Å². The van der Waals surface area contributed by atoms with E-state index < -0.39 is 0 Å². The molecule has 0 radical (unpaired) electrons. The Morgan fingerprint density at radius 2 is 2.00 bits per heavy atom. The highest BCUT2D eigenvalue weighted by atomic mass is 19.1.